The molecule has 7 heteroatoms. The first-order valence-corrected chi connectivity index (χ1v) is 5.95. The molecule has 15 heavy (non-hydrogen) atoms. The molecule has 0 saturated carbocycles. The molecule has 84 valence electrons. The van der Waals surface area contributed by atoms with Crippen LogP contribution >= 0.6 is 15.9 Å². The summed E-state index contributed by atoms with van der Waals surface area (Å²) in [4.78, 5) is 0. The van der Waals surface area contributed by atoms with Crippen molar-refractivity contribution in [1.29, 1.82) is 0 Å². The van der Waals surface area contributed by atoms with Gasteiger partial charge in [0.1, 0.15) is 16.7 Å². The Morgan fingerprint density at radius 2 is 1.80 bits per heavy atom. The van der Waals surface area contributed by atoms with Crippen molar-refractivity contribution in [1.82, 2.24) is 0 Å². The van der Waals surface area contributed by atoms with Gasteiger partial charge in [-0.3, -0.25) is 0 Å². The number of hydrogen-bond donors (Lipinski definition) is 1. The molecule has 1 unspecified atom stereocenters. The van der Waals surface area contributed by atoms with Crippen molar-refractivity contribution in [3.05, 3.63) is 28.7 Å². The summed E-state index contributed by atoms with van der Waals surface area (Å²) in [6.07, 6.45) is -4.42. The Morgan fingerprint density at radius 1 is 1.27 bits per heavy atom. The molecule has 0 radical (unpaired) electrons. The molecule has 1 aromatic carbocycles. The third-order valence-corrected chi connectivity index (χ3v) is 2.95. The lowest BCUT2D eigenvalue weighted by molar-refractivity contribution is -0.105. The van der Waals surface area contributed by atoms with E-state index in [0.29, 0.717) is 5.69 Å². The van der Waals surface area contributed by atoms with Gasteiger partial charge in [-0.25, -0.2) is 4.21 Å². The summed E-state index contributed by atoms with van der Waals surface area (Å²) in [6, 6.07) is 6.37. The van der Waals surface area contributed by atoms with E-state index in [9.17, 15) is 17.4 Å². The summed E-state index contributed by atoms with van der Waals surface area (Å²) < 4.78 is 49.5. The van der Waals surface area contributed by atoms with Gasteiger partial charge in [-0.1, -0.05) is 15.9 Å². The van der Waals surface area contributed by atoms with E-state index in [4.69, 9.17) is 0 Å². The fourth-order valence-electron chi connectivity index (χ4n) is 0.834. The van der Waals surface area contributed by atoms with Crippen molar-refractivity contribution >= 4 is 32.6 Å². The Labute approximate surface area is 95.6 Å². The monoisotopic (exact) mass is 301 g/mol. The average Bonchev–Trinajstić information content (AvgIpc) is 2.05. The van der Waals surface area contributed by atoms with Gasteiger partial charge >= 0.3 is 6.18 Å². The van der Waals surface area contributed by atoms with Gasteiger partial charge in [0.15, 0.2) is 0 Å². The lowest BCUT2D eigenvalue weighted by atomic mass is 10.3. The summed E-state index contributed by atoms with van der Waals surface area (Å²) >= 11 is 3.18. The van der Waals surface area contributed by atoms with Crippen molar-refractivity contribution in [2.45, 2.75) is 6.18 Å². The number of hydrogen-bond acceptors (Lipinski definition) is 1. The van der Waals surface area contributed by atoms with Crippen molar-refractivity contribution in [2.24, 2.45) is 0 Å². The predicted molar refractivity (Wildman–Crippen MR) is 56.8 cm³/mol. The van der Waals surface area contributed by atoms with Gasteiger partial charge in [0.25, 0.3) is 0 Å². The second kappa shape index (κ2) is 4.98. The van der Waals surface area contributed by atoms with Crippen LogP contribution in [0.25, 0.3) is 0 Å². The molecule has 2 nitrogen and oxygen atoms in total. The fraction of sp³-hybridized carbons (Fsp3) is 0.250. The molecule has 0 fully saturated rings. The predicted octanol–water partition coefficient (Wildman–Crippen LogP) is 3.09. The summed E-state index contributed by atoms with van der Waals surface area (Å²) in [5, 5.41) is 0. The summed E-state index contributed by atoms with van der Waals surface area (Å²) in [5.41, 5.74) is 0.390. The average molecular weight is 302 g/mol. The molecule has 0 spiro atoms. The zero-order chi connectivity index (χ0) is 11.5. The first-order valence-electron chi connectivity index (χ1n) is 3.84. The maximum atomic E-state index is 11.8. The molecule has 1 aromatic rings. The molecule has 0 heterocycles. The molecule has 0 bridgehead atoms. The smallest absolute Gasteiger partial charge is 0.305 e. The van der Waals surface area contributed by atoms with Crippen LogP contribution in [0.15, 0.2) is 28.7 Å². The number of nitrogens with one attached hydrogen (secondary N) is 1. The SMILES string of the molecule is O=S(CC(F)(F)F)Nc1ccc(Br)cc1. The third-order valence-electron chi connectivity index (χ3n) is 1.37. The van der Waals surface area contributed by atoms with Gasteiger partial charge in [0, 0.05) is 10.2 Å². The molecule has 1 rings (SSSR count). The van der Waals surface area contributed by atoms with Crippen LogP contribution in [-0.4, -0.2) is 16.1 Å². The van der Waals surface area contributed by atoms with E-state index in [1.165, 1.54) is 0 Å². The van der Waals surface area contributed by atoms with E-state index in [1.54, 1.807) is 24.3 Å². The Balaban J connectivity index is 2.55. The largest absolute Gasteiger partial charge is 0.402 e. The Kier molecular flexibility index (Phi) is 4.15. The lowest BCUT2D eigenvalue weighted by Gasteiger charge is -2.08. The number of rotatable bonds is 3. The van der Waals surface area contributed by atoms with Gasteiger partial charge in [0.05, 0.1) is 0 Å². The quantitative estimate of drug-likeness (QED) is 0.913. The highest BCUT2D eigenvalue weighted by Gasteiger charge is 2.30. The van der Waals surface area contributed by atoms with Crippen LogP contribution in [0.5, 0.6) is 0 Å². The van der Waals surface area contributed by atoms with Crippen LogP contribution in [0.1, 0.15) is 0 Å². The first-order chi connectivity index (χ1) is 6.87. The number of halogens is 4. The zero-order valence-electron chi connectivity index (χ0n) is 7.34. The minimum Gasteiger partial charge on any atom is -0.305 e. The standard InChI is InChI=1S/C8H7BrF3NOS/c9-6-1-3-7(4-2-6)13-15(14)5-8(10,11)12/h1-4,13H,5H2. The van der Waals surface area contributed by atoms with Crippen LogP contribution in [0.3, 0.4) is 0 Å². The molecule has 1 atom stereocenters. The van der Waals surface area contributed by atoms with E-state index in [-0.39, 0.29) is 0 Å². The molecule has 0 amide bonds. The molecular weight excluding hydrogens is 295 g/mol. The van der Waals surface area contributed by atoms with E-state index in [1.807, 2.05) is 0 Å². The Morgan fingerprint density at radius 3 is 2.27 bits per heavy atom. The summed E-state index contributed by atoms with van der Waals surface area (Å²) in [7, 11) is -2.14. The maximum absolute atomic E-state index is 11.8. The van der Waals surface area contributed by atoms with E-state index >= 15 is 0 Å². The topological polar surface area (TPSA) is 29.1 Å². The molecule has 0 aliphatic rings. The normalized spacial score (nSPS) is 13.6. The molecule has 0 aliphatic carbocycles. The number of benzene rings is 1. The Bertz CT molecular complexity index is 352. The lowest BCUT2D eigenvalue weighted by Crippen LogP contribution is -2.22. The van der Waals surface area contributed by atoms with Crippen LogP contribution in [0.4, 0.5) is 18.9 Å². The highest BCUT2D eigenvalue weighted by molar-refractivity contribution is 9.10. The second-order valence-electron chi connectivity index (χ2n) is 2.71. The van der Waals surface area contributed by atoms with Gasteiger partial charge in [-0.05, 0) is 24.3 Å². The maximum Gasteiger partial charge on any atom is 0.402 e. The molecule has 1 N–H and O–H groups in total. The van der Waals surface area contributed by atoms with Crippen LogP contribution < -0.4 is 4.72 Å². The first kappa shape index (κ1) is 12.5. The van der Waals surface area contributed by atoms with Crippen LogP contribution in [-0.2, 0) is 11.0 Å². The second-order valence-corrected chi connectivity index (χ2v) is 4.81. The van der Waals surface area contributed by atoms with Crippen LogP contribution in [0, 0.1) is 0 Å². The van der Waals surface area contributed by atoms with Gasteiger partial charge in [0.2, 0.25) is 0 Å². The van der Waals surface area contributed by atoms with Crippen molar-refractivity contribution in [2.75, 3.05) is 10.5 Å². The minimum atomic E-state index is -4.42. The minimum absolute atomic E-state index is 0.390. The van der Waals surface area contributed by atoms with E-state index in [2.05, 4.69) is 20.7 Å². The molecular formula is C8H7BrF3NOS. The van der Waals surface area contributed by atoms with Crippen molar-refractivity contribution in [3.8, 4) is 0 Å². The van der Waals surface area contributed by atoms with Crippen LogP contribution in [0.2, 0.25) is 0 Å². The summed E-state index contributed by atoms with van der Waals surface area (Å²) in [6.45, 7) is 0. The summed E-state index contributed by atoms with van der Waals surface area (Å²) in [5.74, 6) is -1.36. The fourth-order valence-corrected chi connectivity index (χ4v) is 1.87. The van der Waals surface area contributed by atoms with Gasteiger partial charge in [-0.15, -0.1) is 0 Å². The zero-order valence-corrected chi connectivity index (χ0v) is 9.75. The molecule has 0 aromatic heterocycles. The highest BCUT2D eigenvalue weighted by atomic mass is 79.9. The number of alkyl halides is 3. The van der Waals surface area contributed by atoms with Gasteiger partial charge < -0.3 is 4.72 Å². The van der Waals surface area contributed by atoms with Crippen molar-refractivity contribution in [3.63, 3.8) is 0 Å². The van der Waals surface area contributed by atoms with E-state index in [0.717, 1.165) is 4.47 Å². The van der Waals surface area contributed by atoms with E-state index < -0.39 is 22.9 Å². The Hall–Kier alpha value is -0.560. The highest BCUT2D eigenvalue weighted by Crippen LogP contribution is 2.18. The molecule has 0 saturated heterocycles. The third kappa shape index (κ3) is 5.17. The van der Waals surface area contributed by atoms with Crippen molar-refractivity contribution < 1.29 is 17.4 Å². The number of anilines is 1. The van der Waals surface area contributed by atoms with Gasteiger partial charge in [-0.2, -0.15) is 13.2 Å². The molecule has 0 aliphatic heterocycles.